The normalized spacial score (nSPS) is 17.5. The molecule has 1 saturated carbocycles. The van der Waals surface area contributed by atoms with E-state index in [4.69, 9.17) is 0 Å². The van der Waals surface area contributed by atoms with Crippen molar-refractivity contribution in [1.82, 2.24) is 10.3 Å². The van der Waals surface area contributed by atoms with Gasteiger partial charge in [0.25, 0.3) is 10.0 Å². The number of halogens is 1. The molecule has 0 unspecified atom stereocenters. The van der Waals surface area contributed by atoms with Crippen molar-refractivity contribution in [2.75, 3.05) is 6.54 Å². The molecule has 4 rings (SSSR count). The minimum Gasteiger partial charge on any atom is -0.507 e. The first kappa shape index (κ1) is 23.4. The molecule has 1 fully saturated rings. The van der Waals surface area contributed by atoms with Crippen LogP contribution in [-0.4, -0.2) is 49.1 Å². The third-order valence-electron chi connectivity index (χ3n) is 5.70. The van der Waals surface area contributed by atoms with E-state index in [1.807, 2.05) is 0 Å². The number of nitrogens with one attached hydrogen (secondary N) is 1. The van der Waals surface area contributed by atoms with Gasteiger partial charge in [0.1, 0.15) is 10.6 Å². The Bertz CT molecular complexity index is 1210. The number of carbonyl (C=O) groups excluding carboxylic acids is 1. The maximum Gasteiger partial charge on any atom is 0.285 e. The second-order valence-electron chi connectivity index (χ2n) is 8.11. The maximum absolute atomic E-state index is 12.6. The third-order valence-corrected chi connectivity index (χ3v) is 7.52. The first-order valence-corrected chi connectivity index (χ1v) is 13.1. The summed E-state index contributed by atoms with van der Waals surface area (Å²) in [5.74, 6) is 0.0715. The molecular weight excluding hydrogens is 508 g/mol. The number of amidine groups is 1. The number of sulfonamides is 1. The van der Waals surface area contributed by atoms with E-state index in [0.29, 0.717) is 11.1 Å². The number of fused-ring (bicyclic) bond motifs is 1. The molecule has 1 aliphatic heterocycles. The van der Waals surface area contributed by atoms with Gasteiger partial charge in [-0.1, -0.05) is 47.3 Å². The maximum atomic E-state index is 12.6. The molecule has 2 N–H and O–H groups in total. The summed E-state index contributed by atoms with van der Waals surface area (Å²) >= 11 is 3.36. The van der Waals surface area contributed by atoms with Crippen LogP contribution in [0.2, 0.25) is 0 Å². The van der Waals surface area contributed by atoms with Gasteiger partial charge < -0.3 is 10.4 Å². The SMILES string of the molecule is O=C(CCN(/N=C/c1cc(Br)ccc1O)C1=NS(=O)(=O)c2ccccc21)NC1CCCCC1. The standard InChI is InChI=1S/C23H25BrN4O4S/c24-17-10-11-20(29)16(14-17)15-25-28(13-12-22(30)26-18-6-2-1-3-7-18)23-19-8-4-5-9-21(19)33(31,32)27-23/h4-5,8-11,14-15,18,29H,1-3,6-7,12-13H2,(H,26,30)/b25-15+. The Morgan fingerprint density at radius 3 is 2.76 bits per heavy atom. The van der Waals surface area contributed by atoms with E-state index in [1.54, 1.807) is 30.3 Å². The van der Waals surface area contributed by atoms with E-state index in [9.17, 15) is 18.3 Å². The van der Waals surface area contributed by atoms with Crippen molar-refractivity contribution in [3.05, 3.63) is 58.1 Å². The molecule has 2 aliphatic rings. The number of aromatic hydroxyl groups is 1. The lowest BCUT2D eigenvalue weighted by Crippen LogP contribution is -2.38. The number of benzene rings is 2. The predicted molar refractivity (Wildman–Crippen MR) is 130 cm³/mol. The largest absolute Gasteiger partial charge is 0.507 e. The van der Waals surface area contributed by atoms with Gasteiger partial charge >= 0.3 is 0 Å². The monoisotopic (exact) mass is 532 g/mol. The number of nitrogens with zero attached hydrogens (tertiary/aromatic N) is 3. The number of carbonyl (C=O) groups is 1. The van der Waals surface area contributed by atoms with Gasteiger partial charge in [-0.15, -0.1) is 4.40 Å². The van der Waals surface area contributed by atoms with Crippen molar-refractivity contribution < 1.29 is 18.3 Å². The van der Waals surface area contributed by atoms with Gasteiger partial charge in [0.05, 0.1) is 12.8 Å². The van der Waals surface area contributed by atoms with Crippen LogP contribution in [0.5, 0.6) is 5.75 Å². The number of phenolic OH excluding ortho intramolecular Hbond substituents is 1. The fraction of sp³-hybridized carbons (Fsp3) is 0.348. The van der Waals surface area contributed by atoms with Crippen molar-refractivity contribution in [2.45, 2.75) is 49.5 Å². The first-order chi connectivity index (χ1) is 15.8. The zero-order valence-corrected chi connectivity index (χ0v) is 20.3. The molecule has 174 valence electrons. The molecule has 2 aromatic carbocycles. The van der Waals surface area contributed by atoms with Crippen LogP contribution >= 0.6 is 15.9 Å². The van der Waals surface area contributed by atoms with Gasteiger partial charge in [-0.3, -0.25) is 4.79 Å². The molecule has 0 aromatic heterocycles. The van der Waals surface area contributed by atoms with Crippen LogP contribution in [0.1, 0.15) is 49.7 Å². The molecule has 0 saturated heterocycles. The fourth-order valence-corrected chi connectivity index (χ4v) is 5.59. The number of hydrogen-bond donors (Lipinski definition) is 2. The van der Waals surface area contributed by atoms with Crippen molar-refractivity contribution in [1.29, 1.82) is 0 Å². The smallest absolute Gasteiger partial charge is 0.285 e. The van der Waals surface area contributed by atoms with Gasteiger partial charge in [-0.25, -0.2) is 5.01 Å². The topological polar surface area (TPSA) is 111 Å². The number of hydrazone groups is 1. The molecule has 0 spiro atoms. The molecule has 10 heteroatoms. The van der Waals surface area contributed by atoms with Crippen LogP contribution in [0.3, 0.4) is 0 Å². The molecule has 2 aromatic rings. The molecule has 0 radical (unpaired) electrons. The van der Waals surface area contributed by atoms with E-state index in [1.165, 1.54) is 29.8 Å². The van der Waals surface area contributed by atoms with Crippen LogP contribution in [0, 0.1) is 0 Å². The van der Waals surface area contributed by atoms with Crippen LogP contribution in [0.15, 0.2) is 61.3 Å². The second-order valence-corrected chi connectivity index (χ2v) is 10.6. The summed E-state index contributed by atoms with van der Waals surface area (Å²) in [5.41, 5.74) is 0.872. The van der Waals surface area contributed by atoms with Gasteiger partial charge in [0, 0.05) is 28.1 Å². The first-order valence-electron chi connectivity index (χ1n) is 10.9. The van der Waals surface area contributed by atoms with Gasteiger partial charge in [0.2, 0.25) is 5.91 Å². The Kier molecular flexibility index (Phi) is 7.14. The second kappa shape index (κ2) is 10.0. The summed E-state index contributed by atoms with van der Waals surface area (Å²) in [6, 6.07) is 11.6. The van der Waals surface area contributed by atoms with Gasteiger partial charge in [-0.2, -0.15) is 13.5 Å². The molecule has 33 heavy (non-hydrogen) atoms. The van der Waals surface area contributed by atoms with Crippen LogP contribution in [-0.2, 0) is 14.8 Å². The predicted octanol–water partition coefficient (Wildman–Crippen LogP) is 3.78. The molecule has 1 heterocycles. The quantitative estimate of drug-likeness (QED) is 0.434. The minimum absolute atomic E-state index is 0.0262. The Balaban J connectivity index is 1.58. The Hall–Kier alpha value is -2.72. The number of rotatable bonds is 6. The Morgan fingerprint density at radius 2 is 1.97 bits per heavy atom. The zero-order valence-electron chi connectivity index (χ0n) is 17.9. The lowest BCUT2D eigenvalue weighted by molar-refractivity contribution is -0.122. The summed E-state index contributed by atoms with van der Waals surface area (Å²) in [6.45, 7) is 0.131. The van der Waals surface area contributed by atoms with E-state index < -0.39 is 10.0 Å². The van der Waals surface area contributed by atoms with E-state index in [0.717, 1.165) is 30.2 Å². The highest BCUT2D eigenvalue weighted by atomic mass is 79.9. The minimum atomic E-state index is -3.84. The number of hydrogen-bond acceptors (Lipinski definition) is 6. The molecule has 1 amide bonds. The zero-order chi connectivity index (χ0) is 23.4. The van der Waals surface area contributed by atoms with Crippen molar-refractivity contribution in [3.63, 3.8) is 0 Å². The highest BCUT2D eigenvalue weighted by Crippen LogP contribution is 2.28. The van der Waals surface area contributed by atoms with E-state index >= 15 is 0 Å². The van der Waals surface area contributed by atoms with E-state index in [-0.39, 0.29) is 41.4 Å². The molecule has 1 aliphatic carbocycles. The summed E-state index contributed by atoms with van der Waals surface area (Å²) in [4.78, 5) is 12.7. The number of amides is 1. The third kappa shape index (κ3) is 5.62. The Morgan fingerprint density at radius 1 is 1.21 bits per heavy atom. The molecule has 0 atom stereocenters. The van der Waals surface area contributed by atoms with Crippen LogP contribution in [0.25, 0.3) is 0 Å². The van der Waals surface area contributed by atoms with Crippen molar-refractivity contribution >= 4 is 43.9 Å². The fourth-order valence-electron chi connectivity index (χ4n) is 4.01. The number of phenols is 1. The van der Waals surface area contributed by atoms with Crippen LogP contribution < -0.4 is 5.32 Å². The molecule has 8 nitrogen and oxygen atoms in total. The van der Waals surface area contributed by atoms with Gasteiger partial charge in [0.15, 0.2) is 5.84 Å². The summed E-state index contributed by atoms with van der Waals surface area (Å²) in [5, 5.41) is 19.0. The van der Waals surface area contributed by atoms with Crippen LogP contribution in [0.4, 0.5) is 0 Å². The van der Waals surface area contributed by atoms with E-state index in [2.05, 4.69) is 30.7 Å². The summed E-state index contributed by atoms with van der Waals surface area (Å²) < 4.78 is 29.8. The average Bonchev–Trinajstić information content (AvgIpc) is 3.07. The highest BCUT2D eigenvalue weighted by Gasteiger charge is 2.32. The van der Waals surface area contributed by atoms with Crippen molar-refractivity contribution in [3.8, 4) is 5.75 Å². The summed E-state index contributed by atoms with van der Waals surface area (Å²) in [6.07, 6.45) is 6.94. The molecule has 0 bridgehead atoms. The summed E-state index contributed by atoms with van der Waals surface area (Å²) in [7, 11) is -3.84. The van der Waals surface area contributed by atoms with Gasteiger partial charge in [-0.05, 0) is 43.2 Å². The lowest BCUT2D eigenvalue weighted by Gasteiger charge is -2.24. The highest BCUT2D eigenvalue weighted by molar-refractivity contribution is 9.10. The average molecular weight is 533 g/mol. The Labute approximate surface area is 201 Å². The molecular formula is C23H25BrN4O4S. The lowest BCUT2D eigenvalue weighted by atomic mass is 9.95. The van der Waals surface area contributed by atoms with Crippen molar-refractivity contribution in [2.24, 2.45) is 9.50 Å².